The average Bonchev–Trinajstić information content (AvgIpc) is 2.34. The Labute approximate surface area is 112 Å². The number of alkyl halides is 1. The normalized spacial score (nSPS) is 12.5. The Morgan fingerprint density at radius 1 is 1.47 bits per heavy atom. The number of para-hydroxylation sites is 1. The molecule has 0 fully saturated rings. The lowest BCUT2D eigenvalue weighted by molar-refractivity contribution is 0.599. The quantitative estimate of drug-likeness (QED) is 0.718. The minimum Gasteiger partial charge on any atom is -0.369 e. The fraction of sp³-hybridized carbons (Fsp3) is 0.538. The molecule has 1 nitrogen and oxygen atoms in total. The van der Waals surface area contributed by atoms with Gasteiger partial charge in [0.1, 0.15) is 5.82 Å². The monoisotopic (exact) mass is 275 g/mol. The number of anilines is 1. The Morgan fingerprint density at radius 2 is 2.18 bits per heavy atom. The highest BCUT2D eigenvalue weighted by molar-refractivity contribution is 7.98. The first-order chi connectivity index (χ1) is 8.11. The van der Waals surface area contributed by atoms with Gasteiger partial charge in [-0.25, -0.2) is 4.39 Å². The smallest absolute Gasteiger partial charge is 0.146 e. The zero-order valence-corrected chi connectivity index (χ0v) is 12.1. The second kappa shape index (κ2) is 7.12. The summed E-state index contributed by atoms with van der Waals surface area (Å²) in [6, 6.07) is 5.38. The number of nitrogens with zero attached hydrogens (tertiary/aromatic N) is 1. The first-order valence-electron chi connectivity index (χ1n) is 5.67. The number of benzene rings is 1. The summed E-state index contributed by atoms with van der Waals surface area (Å²) in [6.45, 7) is 2.11. The van der Waals surface area contributed by atoms with Crippen LogP contribution in [0.5, 0.6) is 0 Å². The van der Waals surface area contributed by atoms with Crippen LogP contribution in [0.15, 0.2) is 18.2 Å². The maximum Gasteiger partial charge on any atom is 0.146 e. The summed E-state index contributed by atoms with van der Waals surface area (Å²) in [6.07, 6.45) is 3.12. The summed E-state index contributed by atoms with van der Waals surface area (Å²) in [5.74, 6) is 1.23. The maximum atomic E-state index is 13.9. The molecule has 1 unspecified atom stereocenters. The van der Waals surface area contributed by atoms with E-state index in [4.69, 9.17) is 11.6 Å². The fourth-order valence-electron chi connectivity index (χ4n) is 1.77. The minimum atomic E-state index is -0.193. The second-order valence-corrected chi connectivity index (χ2v) is 5.38. The van der Waals surface area contributed by atoms with Crippen molar-refractivity contribution in [1.29, 1.82) is 0 Å². The van der Waals surface area contributed by atoms with Gasteiger partial charge in [0, 0.05) is 19.0 Å². The van der Waals surface area contributed by atoms with E-state index in [0.29, 0.717) is 17.6 Å². The van der Waals surface area contributed by atoms with Gasteiger partial charge in [0.2, 0.25) is 0 Å². The fourth-order valence-corrected chi connectivity index (χ4v) is 2.56. The van der Waals surface area contributed by atoms with Gasteiger partial charge in [-0.3, -0.25) is 0 Å². The Hall–Kier alpha value is -0.410. The van der Waals surface area contributed by atoms with Crippen molar-refractivity contribution in [2.75, 3.05) is 24.0 Å². The van der Waals surface area contributed by atoms with Crippen LogP contribution in [0.1, 0.15) is 18.9 Å². The topological polar surface area (TPSA) is 3.24 Å². The third kappa shape index (κ3) is 3.78. The molecule has 0 saturated carbocycles. The summed E-state index contributed by atoms with van der Waals surface area (Å²) in [5.41, 5.74) is 1.49. The van der Waals surface area contributed by atoms with E-state index in [1.807, 2.05) is 29.8 Å². The Balaban J connectivity index is 2.90. The maximum absolute atomic E-state index is 13.9. The first kappa shape index (κ1) is 14.7. The Kier molecular flexibility index (Phi) is 6.14. The molecular formula is C13H19ClFNS. The van der Waals surface area contributed by atoms with Crippen molar-refractivity contribution in [1.82, 2.24) is 0 Å². The lowest BCUT2D eigenvalue weighted by Crippen LogP contribution is -2.30. The van der Waals surface area contributed by atoms with E-state index in [2.05, 4.69) is 13.2 Å². The van der Waals surface area contributed by atoms with Crippen LogP contribution < -0.4 is 4.90 Å². The van der Waals surface area contributed by atoms with Crippen LogP contribution in [-0.2, 0) is 5.88 Å². The van der Waals surface area contributed by atoms with Crippen LogP contribution in [-0.4, -0.2) is 25.1 Å². The lowest BCUT2D eigenvalue weighted by atomic mass is 10.1. The van der Waals surface area contributed by atoms with Crippen LogP contribution in [0.3, 0.4) is 0 Å². The molecule has 1 atom stereocenters. The molecule has 0 aliphatic carbocycles. The van der Waals surface area contributed by atoms with Crippen molar-refractivity contribution in [2.45, 2.75) is 25.3 Å². The van der Waals surface area contributed by atoms with E-state index in [0.717, 1.165) is 17.7 Å². The minimum absolute atomic E-state index is 0.193. The lowest BCUT2D eigenvalue weighted by Gasteiger charge is -2.29. The molecule has 0 bridgehead atoms. The largest absolute Gasteiger partial charge is 0.369 e. The zero-order valence-electron chi connectivity index (χ0n) is 10.5. The van der Waals surface area contributed by atoms with Crippen LogP contribution in [0.2, 0.25) is 0 Å². The van der Waals surface area contributed by atoms with E-state index in [9.17, 15) is 4.39 Å². The van der Waals surface area contributed by atoms with Crippen LogP contribution >= 0.6 is 23.4 Å². The van der Waals surface area contributed by atoms with Crippen molar-refractivity contribution in [3.8, 4) is 0 Å². The van der Waals surface area contributed by atoms with Crippen molar-refractivity contribution in [3.05, 3.63) is 29.6 Å². The Bertz CT molecular complexity index is 359. The molecule has 0 spiro atoms. The predicted molar refractivity (Wildman–Crippen MR) is 76.8 cm³/mol. The SMILES string of the molecule is CSCCC(C)N(C)c1c(F)cccc1CCl. The molecule has 0 N–H and O–H groups in total. The molecule has 4 heteroatoms. The van der Waals surface area contributed by atoms with E-state index in [-0.39, 0.29) is 5.82 Å². The molecule has 0 aliphatic heterocycles. The highest BCUT2D eigenvalue weighted by Gasteiger charge is 2.16. The molecule has 0 aliphatic rings. The summed E-state index contributed by atoms with van der Waals surface area (Å²) < 4.78 is 13.9. The van der Waals surface area contributed by atoms with Crippen LogP contribution in [0.25, 0.3) is 0 Å². The van der Waals surface area contributed by atoms with Gasteiger partial charge in [-0.1, -0.05) is 12.1 Å². The van der Waals surface area contributed by atoms with Gasteiger partial charge >= 0.3 is 0 Å². The standard InChI is InChI=1S/C13H19ClFNS/c1-10(7-8-17-3)16(2)13-11(9-14)5-4-6-12(13)15/h4-6,10H,7-9H2,1-3H3. The van der Waals surface area contributed by atoms with Gasteiger partial charge in [-0.2, -0.15) is 11.8 Å². The zero-order chi connectivity index (χ0) is 12.8. The second-order valence-electron chi connectivity index (χ2n) is 4.12. The number of hydrogen-bond acceptors (Lipinski definition) is 2. The van der Waals surface area contributed by atoms with Crippen LogP contribution in [0, 0.1) is 5.82 Å². The molecule has 0 aromatic heterocycles. The average molecular weight is 276 g/mol. The van der Waals surface area contributed by atoms with Gasteiger partial charge in [0.05, 0.1) is 5.69 Å². The molecule has 0 heterocycles. The third-order valence-corrected chi connectivity index (χ3v) is 3.90. The van der Waals surface area contributed by atoms with Gasteiger partial charge < -0.3 is 4.90 Å². The number of thioether (sulfide) groups is 1. The number of halogens is 2. The van der Waals surface area contributed by atoms with Gasteiger partial charge in [-0.15, -0.1) is 11.6 Å². The summed E-state index contributed by atoms with van der Waals surface area (Å²) in [4.78, 5) is 1.99. The van der Waals surface area contributed by atoms with E-state index < -0.39 is 0 Å². The highest BCUT2D eigenvalue weighted by atomic mass is 35.5. The van der Waals surface area contributed by atoms with Gasteiger partial charge in [-0.05, 0) is 37.0 Å². The third-order valence-electron chi connectivity index (χ3n) is 2.97. The molecule has 0 saturated heterocycles. The molecular weight excluding hydrogens is 257 g/mol. The first-order valence-corrected chi connectivity index (χ1v) is 7.59. The Morgan fingerprint density at radius 3 is 2.76 bits per heavy atom. The molecule has 17 heavy (non-hydrogen) atoms. The summed E-state index contributed by atoms with van der Waals surface area (Å²) >= 11 is 7.67. The number of hydrogen-bond donors (Lipinski definition) is 0. The molecule has 0 amide bonds. The van der Waals surface area contributed by atoms with E-state index in [1.165, 1.54) is 6.07 Å². The highest BCUT2D eigenvalue weighted by Crippen LogP contribution is 2.27. The van der Waals surface area contributed by atoms with Gasteiger partial charge in [0.25, 0.3) is 0 Å². The predicted octanol–water partition coefficient (Wildman–Crippen LogP) is 4.14. The van der Waals surface area contributed by atoms with E-state index in [1.54, 1.807) is 6.07 Å². The molecule has 1 aromatic carbocycles. The van der Waals surface area contributed by atoms with Crippen molar-refractivity contribution >= 4 is 29.1 Å². The van der Waals surface area contributed by atoms with Crippen molar-refractivity contribution < 1.29 is 4.39 Å². The molecule has 1 aromatic rings. The van der Waals surface area contributed by atoms with Gasteiger partial charge in [0.15, 0.2) is 0 Å². The molecule has 96 valence electrons. The van der Waals surface area contributed by atoms with Crippen molar-refractivity contribution in [3.63, 3.8) is 0 Å². The summed E-state index contributed by atoms with van der Waals surface area (Å²) in [5, 5.41) is 0. The number of rotatable bonds is 6. The van der Waals surface area contributed by atoms with Crippen LogP contribution in [0.4, 0.5) is 10.1 Å². The van der Waals surface area contributed by atoms with Crippen molar-refractivity contribution in [2.24, 2.45) is 0 Å². The summed E-state index contributed by atoms with van der Waals surface area (Å²) in [7, 11) is 1.93. The molecule has 0 radical (unpaired) electrons. The van der Waals surface area contributed by atoms with E-state index >= 15 is 0 Å². The molecule has 1 rings (SSSR count).